The first-order valence-corrected chi connectivity index (χ1v) is 41.7. The van der Waals surface area contributed by atoms with Crippen molar-refractivity contribution in [1.82, 2.24) is 5.32 Å². The number of allylic oxidation sites excluding steroid dienone is 8. The number of phosphoric ester groups is 1. The van der Waals surface area contributed by atoms with Crippen LogP contribution in [0.15, 0.2) is 121 Å². The zero-order chi connectivity index (χ0) is 71.9. The Balaban J connectivity index is 0.983. The van der Waals surface area contributed by atoms with E-state index in [0.29, 0.717) is 32.4 Å². The van der Waals surface area contributed by atoms with Crippen molar-refractivity contribution < 1.29 is 59.9 Å². The molecule has 2 heterocycles. The van der Waals surface area contributed by atoms with Gasteiger partial charge < -0.3 is 29.1 Å². The van der Waals surface area contributed by atoms with E-state index in [-0.39, 0.29) is 56.8 Å². The molecule has 17 heteroatoms. The summed E-state index contributed by atoms with van der Waals surface area (Å²) in [5, 5.41) is 7.39. The van der Waals surface area contributed by atoms with E-state index in [1.54, 1.807) is 0 Å². The van der Waals surface area contributed by atoms with Crippen LogP contribution in [0.25, 0.3) is 21.5 Å². The molecule has 1 amide bonds. The van der Waals surface area contributed by atoms with E-state index in [1.165, 1.54) is 152 Å². The van der Waals surface area contributed by atoms with Crippen LogP contribution in [0.4, 0.5) is 11.4 Å². The van der Waals surface area contributed by atoms with Gasteiger partial charge in [-0.15, -0.1) is 0 Å². The molecule has 0 aliphatic carbocycles. The molecule has 4 aromatic carbocycles. The SMILES string of the molecule is CCCCCCCCCCCCCCCCCC(=O)OCC(COP(=O)(O)OCCNC(=O)CCN1/C(=C/C=C/C=C/C=C/C2=[N+](CCCCS(=O)(=O)[O-])c3ccc4ccccc4c3C2(C)C)C(C)(C)c2c1ccc1ccccc21)OC(=O)CCCCCCCCCCCCCCCCC. The topological polar surface area (TPSA) is 201 Å². The highest BCUT2D eigenvalue weighted by Gasteiger charge is 2.45. The number of unbranched alkanes of at least 4 members (excludes halogenated alkanes) is 29. The van der Waals surface area contributed by atoms with Crippen molar-refractivity contribution in [3.63, 3.8) is 0 Å². The average Bonchev–Trinajstić information content (AvgIpc) is 1.58. The number of hydrogen-bond donors (Lipinski definition) is 2. The number of carbonyl (C=O) groups excluding carboxylic acids is 3. The third kappa shape index (κ3) is 29.2. The summed E-state index contributed by atoms with van der Waals surface area (Å²) in [6.07, 6.45) is 50.7. The van der Waals surface area contributed by atoms with E-state index >= 15 is 0 Å². The van der Waals surface area contributed by atoms with Gasteiger partial charge in [-0.25, -0.2) is 13.0 Å². The zero-order valence-electron chi connectivity index (χ0n) is 61.9. The van der Waals surface area contributed by atoms with E-state index in [1.807, 2.05) is 54.6 Å². The van der Waals surface area contributed by atoms with Gasteiger partial charge in [0.2, 0.25) is 11.6 Å². The molecule has 2 aliphatic heterocycles. The largest absolute Gasteiger partial charge is 0.748 e. The normalized spacial score (nSPS) is 15.6. The molecular formula is C83H124N3O12PS. The number of rotatable bonds is 54. The number of anilines is 1. The van der Waals surface area contributed by atoms with Crippen molar-refractivity contribution in [1.29, 1.82) is 0 Å². The summed E-state index contributed by atoms with van der Waals surface area (Å²) in [7, 11) is -9.02. The smallest absolute Gasteiger partial charge is 0.472 e. The van der Waals surface area contributed by atoms with Gasteiger partial charge in [0.05, 0.1) is 28.7 Å². The average molecular weight is 1420 g/mol. The van der Waals surface area contributed by atoms with Crippen molar-refractivity contribution in [2.45, 2.75) is 283 Å². The minimum absolute atomic E-state index is 0.0755. The monoisotopic (exact) mass is 1420 g/mol. The van der Waals surface area contributed by atoms with Crippen LogP contribution >= 0.6 is 7.82 Å². The summed E-state index contributed by atoms with van der Waals surface area (Å²) in [6, 6.07) is 25.1. The summed E-state index contributed by atoms with van der Waals surface area (Å²) in [5.41, 5.74) is 5.71. The number of hydrogen-bond acceptors (Lipinski definition) is 12. The second kappa shape index (κ2) is 45.4. The molecule has 100 heavy (non-hydrogen) atoms. The molecule has 0 radical (unpaired) electrons. The fourth-order valence-corrected chi connectivity index (χ4v) is 15.7. The lowest BCUT2D eigenvalue weighted by atomic mass is 9.79. The van der Waals surface area contributed by atoms with Gasteiger partial charge >= 0.3 is 19.8 Å². The molecule has 0 fully saturated rings. The number of nitrogens with one attached hydrogen (secondary N) is 1. The van der Waals surface area contributed by atoms with Crippen LogP contribution in [0.1, 0.15) is 277 Å². The van der Waals surface area contributed by atoms with Gasteiger partial charge in [0.25, 0.3) is 0 Å². The molecule has 2 unspecified atom stereocenters. The number of amides is 1. The Morgan fingerprint density at radius 2 is 1.06 bits per heavy atom. The fraction of sp³-hybridized carbons (Fsp3) is 0.614. The maximum atomic E-state index is 13.6. The lowest BCUT2D eigenvalue weighted by Gasteiger charge is -2.27. The first-order valence-electron chi connectivity index (χ1n) is 38.6. The lowest BCUT2D eigenvalue weighted by molar-refractivity contribution is -0.438. The Labute approximate surface area is 601 Å². The standard InChI is InChI=1S/C83H124N3O12PS/c1-7-9-11-13-15-17-19-21-23-25-27-29-31-36-40-54-78(88)95-66-70(98-79(89)55-41-37-32-30-28-26-24-22-20-18-16-14-12-10-8-2)67-97-99(90,91)96-64-61-84-77(87)60-63-86-74-59-57-69-49-43-45-51-72(69)81(74)83(5,6)76(86)53-39-35-33-34-38-52-75-82(3,4)80-71-50-44-42-48-68(71)56-58-73(80)85(75)62-46-47-65-100(92,93)94/h33-35,38-39,42-45,48-53,56-59,70H,7-32,36-37,40-41,46-47,54-55,60-67H2,1-6H3,(H2-,84,87,90,91,92,93,94). The highest BCUT2D eigenvalue weighted by atomic mass is 32.2. The maximum Gasteiger partial charge on any atom is 0.472 e. The first-order chi connectivity index (χ1) is 48.3. The number of carbonyl (C=O) groups is 3. The van der Waals surface area contributed by atoms with Gasteiger partial charge in [0.15, 0.2) is 11.8 Å². The third-order valence-electron chi connectivity index (χ3n) is 19.8. The van der Waals surface area contributed by atoms with Crippen LogP contribution in [0, 0.1) is 0 Å². The fourth-order valence-electron chi connectivity index (χ4n) is 14.4. The minimum Gasteiger partial charge on any atom is -0.748 e. The number of benzene rings is 4. The number of phosphoric acid groups is 1. The van der Waals surface area contributed by atoms with Crippen molar-refractivity contribution in [3.05, 3.63) is 132 Å². The summed E-state index contributed by atoms with van der Waals surface area (Å²) in [4.78, 5) is 52.7. The molecule has 2 atom stereocenters. The van der Waals surface area contributed by atoms with E-state index < -0.39 is 53.8 Å². The number of esters is 2. The van der Waals surface area contributed by atoms with Crippen molar-refractivity contribution >= 4 is 74.4 Å². The number of nitrogens with zero attached hydrogens (tertiary/aromatic N) is 2. The van der Waals surface area contributed by atoms with Gasteiger partial charge in [0.1, 0.15) is 13.2 Å². The Bertz CT molecular complexity index is 3460. The summed E-state index contributed by atoms with van der Waals surface area (Å²) in [6.45, 7) is 13.0. The Hall–Kier alpha value is -5.74. The molecule has 2 aliphatic rings. The Morgan fingerprint density at radius 1 is 0.570 bits per heavy atom. The molecule has 0 spiro atoms. The van der Waals surface area contributed by atoms with E-state index in [0.717, 1.165) is 83.0 Å². The molecule has 6 rings (SSSR count). The van der Waals surface area contributed by atoms with Gasteiger partial charge in [-0.2, -0.15) is 4.58 Å². The molecule has 0 aromatic heterocycles. The Kier molecular flexibility index (Phi) is 37.8. The van der Waals surface area contributed by atoms with Crippen LogP contribution in [0.2, 0.25) is 0 Å². The first kappa shape index (κ1) is 83.2. The van der Waals surface area contributed by atoms with Gasteiger partial charge in [0, 0.05) is 79.0 Å². The second-order valence-corrected chi connectivity index (χ2v) is 31.8. The van der Waals surface area contributed by atoms with Crippen LogP contribution in [0.3, 0.4) is 0 Å². The molecule has 554 valence electrons. The summed E-state index contributed by atoms with van der Waals surface area (Å²) >= 11 is 0. The quantitative estimate of drug-likeness (QED) is 0.0106. The molecule has 15 nitrogen and oxygen atoms in total. The molecule has 0 saturated carbocycles. The molecule has 2 N–H and O–H groups in total. The number of fused-ring (bicyclic) bond motifs is 6. The molecule has 0 saturated heterocycles. The van der Waals surface area contributed by atoms with Gasteiger partial charge in [-0.1, -0.05) is 292 Å². The van der Waals surface area contributed by atoms with Crippen molar-refractivity contribution in [3.8, 4) is 0 Å². The maximum absolute atomic E-state index is 13.6. The lowest BCUT2D eigenvalue weighted by Crippen LogP contribution is -2.33. The zero-order valence-corrected chi connectivity index (χ0v) is 63.6. The van der Waals surface area contributed by atoms with Crippen molar-refractivity contribution in [2.75, 3.05) is 50.1 Å². The van der Waals surface area contributed by atoms with Crippen molar-refractivity contribution in [2.24, 2.45) is 0 Å². The van der Waals surface area contributed by atoms with Crippen LogP contribution in [-0.4, -0.2) is 97.3 Å². The predicted octanol–water partition coefficient (Wildman–Crippen LogP) is 20.7. The van der Waals surface area contributed by atoms with Crippen LogP contribution in [-0.2, 0) is 58.4 Å². The van der Waals surface area contributed by atoms with Gasteiger partial charge in [-0.05, 0) is 78.4 Å². The Morgan fingerprint density at radius 3 is 1.61 bits per heavy atom. The summed E-state index contributed by atoms with van der Waals surface area (Å²) < 4.78 is 71.8. The van der Waals surface area contributed by atoms with Crippen LogP contribution < -0.4 is 10.2 Å². The highest BCUT2D eigenvalue weighted by Crippen LogP contribution is 2.51. The predicted molar refractivity (Wildman–Crippen MR) is 410 cm³/mol. The van der Waals surface area contributed by atoms with E-state index in [2.05, 4.69) is 117 Å². The molecular weight excluding hydrogens is 1290 g/mol. The second-order valence-electron chi connectivity index (χ2n) is 28.8. The van der Waals surface area contributed by atoms with E-state index in [9.17, 15) is 36.8 Å². The van der Waals surface area contributed by atoms with Gasteiger partial charge in [-0.3, -0.25) is 23.4 Å². The van der Waals surface area contributed by atoms with E-state index in [4.69, 9.17) is 18.5 Å². The third-order valence-corrected chi connectivity index (χ3v) is 21.6. The minimum atomic E-state index is -4.71. The molecule has 0 bridgehead atoms. The number of ether oxygens (including phenoxy) is 2. The summed E-state index contributed by atoms with van der Waals surface area (Å²) in [5.74, 6) is -1.59. The van der Waals surface area contributed by atoms with Crippen LogP contribution in [0.5, 0.6) is 0 Å². The molecule has 4 aromatic rings. The highest BCUT2D eigenvalue weighted by molar-refractivity contribution is 7.85.